The number of hydrogen-bond acceptors (Lipinski definition) is 4. The number of carbonyl (C=O) groups is 2. The third kappa shape index (κ3) is 5.22. The zero-order valence-corrected chi connectivity index (χ0v) is 12.4. The van der Waals surface area contributed by atoms with Gasteiger partial charge < -0.3 is 16.2 Å². The van der Waals surface area contributed by atoms with Gasteiger partial charge in [0.25, 0.3) is 0 Å². The Kier molecular flexibility index (Phi) is 6.04. The Morgan fingerprint density at radius 3 is 2.50 bits per heavy atom. The van der Waals surface area contributed by atoms with Crippen molar-refractivity contribution in [2.45, 2.75) is 31.2 Å². The second kappa shape index (κ2) is 7.31. The molecule has 0 saturated heterocycles. The molecule has 1 rings (SSSR count). The first-order chi connectivity index (χ1) is 9.33. The van der Waals surface area contributed by atoms with E-state index in [0.717, 1.165) is 5.56 Å². The maximum absolute atomic E-state index is 11.7. The number of hydrogen-bond donors (Lipinski definition) is 3. The van der Waals surface area contributed by atoms with E-state index in [1.807, 2.05) is 30.3 Å². The maximum Gasteiger partial charge on any atom is 0.321 e. The van der Waals surface area contributed by atoms with Gasteiger partial charge >= 0.3 is 5.97 Å². The monoisotopic (exact) mass is 296 g/mol. The molecule has 0 spiro atoms. The molecule has 0 radical (unpaired) electrons. The van der Waals surface area contributed by atoms with Crippen LogP contribution < -0.4 is 11.1 Å². The van der Waals surface area contributed by atoms with E-state index in [1.54, 1.807) is 13.8 Å². The van der Waals surface area contributed by atoms with Gasteiger partial charge in [-0.3, -0.25) is 9.59 Å². The Labute approximate surface area is 122 Å². The quantitative estimate of drug-likeness (QED) is 0.703. The predicted molar refractivity (Wildman–Crippen MR) is 80.4 cm³/mol. The standard InChI is InChI=1S/C14H20N2O3S/c1-14(2,12(15)13(18)19)20-9-11(17)16-8-10-6-4-3-5-7-10/h3-7,12H,8-9,15H2,1-2H3,(H,16,17)(H,18,19)/t12-/m0/s1. The summed E-state index contributed by atoms with van der Waals surface area (Å²) in [6, 6.07) is 8.58. The van der Waals surface area contributed by atoms with E-state index in [0.29, 0.717) is 6.54 Å². The molecule has 1 atom stereocenters. The highest BCUT2D eigenvalue weighted by Gasteiger charge is 2.33. The molecule has 1 aromatic carbocycles. The van der Waals surface area contributed by atoms with Crippen LogP contribution in [0.15, 0.2) is 30.3 Å². The predicted octanol–water partition coefficient (Wildman–Crippen LogP) is 1.23. The molecule has 20 heavy (non-hydrogen) atoms. The average Bonchev–Trinajstić information content (AvgIpc) is 2.43. The first-order valence-electron chi connectivity index (χ1n) is 6.26. The average molecular weight is 296 g/mol. The van der Waals surface area contributed by atoms with Gasteiger partial charge in [-0.25, -0.2) is 0 Å². The van der Waals surface area contributed by atoms with E-state index in [1.165, 1.54) is 11.8 Å². The van der Waals surface area contributed by atoms with Crippen LogP contribution in [0.3, 0.4) is 0 Å². The van der Waals surface area contributed by atoms with E-state index in [-0.39, 0.29) is 11.7 Å². The van der Waals surface area contributed by atoms with E-state index >= 15 is 0 Å². The highest BCUT2D eigenvalue weighted by atomic mass is 32.2. The first-order valence-corrected chi connectivity index (χ1v) is 7.24. The number of nitrogens with two attached hydrogens (primary N) is 1. The normalized spacial score (nSPS) is 12.8. The zero-order valence-electron chi connectivity index (χ0n) is 11.6. The number of amides is 1. The molecule has 110 valence electrons. The minimum Gasteiger partial charge on any atom is -0.480 e. The summed E-state index contributed by atoms with van der Waals surface area (Å²) < 4.78 is -0.698. The molecule has 0 bridgehead atoms. The molecule has 0 aromatic heterocycles. The van der Waals surface area contributed by atoms with Gasteiger partial charge in [-0.15, -0.1) is 11.8 Å². The minimum atomic E-state index is -1.06. The van der Waals surface area contributed by atoms with Crippen molar-refractivity contribution in [2.75, 3.05) is 5.75 Å². The summed E-state index contributed by atoms with van der Waals surface area (Å²) in [5.74, 6) is -1.02. The largest absolute Gasteiger partial charge is 0.480 e. The Morgan fingerprint density at radius 2 is 1.95 bits per heavy atom. The van der Waals surface area contributed by atoms with Crippen molar-refractivity contribution in [1.29, 1.82) is 0 Å². The second-order valence-electron chi connectivity index (χ2n) is 4.97. The van der Waals surface area contributed by atoms with Crippen LogP contribution in [0.25, 0.3) is 0 Å². The van der Waals surface area contributed by atoms with Crippen LogP contribution in [0, 0.1) is 0 Å². The highest BCUT2D eigenvalue weighted by Crippen LogP contribution is 2.27. The summed E-state index contributed by atoms with van der Waals surface area (Å²) >= 11 is 1.24. The number of thioether (sulfide) groups is 1. The van der Waals surface area contributed by atoms with E-state index in [2.05, 4.69) is 5.32 Å². The number of rotatable bonds is 7. The lowest BCUT2D eigenvalue weighted by Crippen LogP contribution is -2.47. The van der Waals surface area contributed by atoms with Crippen LogP contribution in [0.4, 0.5) is 0 Å². The molecule has 5 nitrogen and oxygen atoms in total. The van der Waals surface area contributed by atoms with Crippen LogP contribution in [0.5, 0.6) is 0 Å². The summed E-state index contributed by atoms with van der Waals surface area (Å²) in [4.78, 5) is 22.6. The Hall–Kier alpha value is -1.53. The molecule has 0 fully saturated rings. The smallest absolute Gasteiger partial charge is 0.321 e. The molecule has 0 saturated carbocycles. The summed E-state index contributed by atoms with van der Waals surface area (Å²) in [6.45, 7) is 3.91. The molecule has 0 unspecified atom stereocenters. The Morgan fingerprint density at radius 1 is 1.35 bits per heavy atom. The van der Waals surface area contributed by atoms with Gasteiger partial charge in [0.15, 0.2) is 0 Å². The highest BCUT2D eigenvalue weighted by molar-refractivity contribution is 8.01. The van der Waals surface area contributed by atoms with Crippen LogP contribution in [0.1, 0.15) is 19.4 Å². The third-order valence-corrected chi connectivity index (χ3v) is 4.33. The summed E-state index contributed by atoms with van der Waals surface area (Å²) in [5, 5.41) is 11.7. The number of carbonyl (C=O) groups excluding carboxylic acids is 1. The lowest BCUT2D eigenvalue weighted by molar-refractivity contribution is -0.139. The van der Waals surface area contributed by atoms with Crippen LogP contribution in [-0.4, -0.2) is 33.5 Å². The van der Waals surface area contributed by atoms with E-state index in [9.17, 15) is 9.59 Å². The zero-order chi connectivity index (χ0) is 15.2. The SMILES string of the molecule is CC(C)(SCC(=O)NCc1ccccc1)[C@@H](N)C(=O)O. The molecule has 4 N–H and O–H groups in total. The first kappa shape index (κ1) is 16.5. The number of nitrogens with one attached hydrogen (secondary N) is 1. The van der Waals surface area contributed by atoms with Gasteiger partial charge in [0.1, 0.15) is 6.04 Å². The summed E-state index contributed by atoms with van der Waals surface area (Å²) in [5.41, 5.74) is 6.61. The fourth-order valence-corrected chi connectivity index (χ4v) is 2.37. The lowest BCUT2D eigenvalue weighted by atomic mass is 10.1. The maximum atomic E-state index is 11.7. The minimum absolute atomic E-state index is 0.135. The van der Waals surface area contributed by atoms with Gasteiger partial charge in [0.05, 0.1) is 5.75 Å². The van der Waals surface area contributed by atoms with Crippen molar-refractivity contribution in [3.05, 3.63) is 35.9 Å². The third-order valence-electron chi connectivity index (χ3n) is 2.92. The van der Waals surface area contributed by atoms with Crippen molar-refractivity contribution >= 4 is 23.6 Å². The van der Waals surface area contributed by atoms with Gasteiger partial charge in [-0.2, -0.15) is 0 Å². The topological polar surface area (TPSA) is 92.4 Å². The number of carboxylic acids is 1. The van der Waals surface area contributed by atoms with Gasteiger partial charge in [-0.1, -0.05) is 30.3 Å². The van der Waals surface area contributed by atoms with Crippen molar-refractivity contribution in [3.8, 4) is 0 Å². The molecule has 1 amide bonds. The molecule has 1 aromatic rings. The molecule has 6 heteroatoms. The van der Waals surface area contributed by atoms with E-state index in [4.69, 9.17) is 10.8 Å². The molecule has 0 aliphatic carbocycles. The fourth-order valence-electron chi connectivity index (χ4n) is 1.49. The van der Waals surface area contributed by atoms with E-state index < -0.39 is 16.8 Å². The lowest BCUT2D eigenvalue weighted by Gasteiger charge is -2.27. The molecular formula is C14H20N2O3S. The molecular weight excluding hydrogens is 276 g/mol. The van der Waals surface area contributed by atoms with Gasteiger partial charge in [0, 0.05) is 11.3 Å². The van der Waals surface area contributed by atoms with Crippen molar-refractivity contribution in [3.63, 3.8) is 0 Å². The van der Waals surface area contributed by atoms with Gasteiger partial charge in [0.2, 0.25) is 5.91 Å². The second-order valence-corrected chi connectivity index (χ2v) is 6.60. The van der Waals surface area contributed by atoms with Gasteiger partial charge in [-0.05, 0) is 19.4 Å². The van der Waals surface area contributed by atoms with Crippen molar-refractivity contribution in [2.24, 2.45) is 5.73 Å². The summed E-state index contributed by atoms with van der Waals surface area (Å²) in [6.07, 6.45) is 0. The Balaban J connectivity index is 2.38. The van der Waals surface area contributed by atoms with Crippen LogP contribution >= 0.6 is 11.8 Å². The van der Waals surface area contributed by atoms with Crippen LogP contribution in [0.2, 0.25) is 0 Å². The molecule has 0 aliphatic rings. The number of benzene rings is 1. The number of carboxylic acid groups (broad SMARTS) is 1. The number of aliphatic carboxylic acids is 1. The molecule has 0 heterocycles. The van der Waals surface area contributed by atoms with Crippen LogP contribution in [-0.2, 0) is 16.1 Å². The Bertz CT molecular complexity index is 463. The molecule has 0 aliphatic heterocycles. The summed E-state index contributed by atoms with van der Waals surface area (Å²) in [7, 11) is 0. The fraction of sp³-hybridized carbons (Fsp3) is 0.429. The van der Waals surface area contributed by atoms with Crippen molar-refractivity contribution < 1.29 is 14.7 Å². The van der Waals surface area contributed by atoms with Crippen molar-refractivity contribution in [1.82, 2.24) is 5.32 Å².